The predicted molar refractivity (Wildman–Crippen MR) is 15.3 cm³/mol. The molecule has 0 aliphatic rings. The van der Waals surface area contributed by atoms with Crippen LogP contribution in [0.1, 0.15) is 2.85 Å². The van der Waals surface area contributed by atoms with E-state index in [0.717, 1.165) is 0 Å². The van der Waals surface area contributed by atoms with Gasteiger partial charge in [-0.05, 0) is 0 Å². The Hall–Kier alpha value is 3.13. The van der Waals surface area contributed by atoms with Crippen molar-refractivity contribution in [1.29, 1.82) is 0 Å². The van der Waals surface area contributed by atoms with Crippen LogP contribution in [0.5, 0.6) is 0 Å². The zero-order valence-electron chi connectivity index (χ0n) is 6.20. The molecule has 0 saturated carbocycles. The second kappa shape index (κ2) is 7.24. The molecule has 0 aromatic rings. The standard InChI is InChI=1S/K.Na.3H2O.O.Sb.2H/h;;3*1H2;;;;/q2*+1;;;;;+3;2*-1/p-3. The molecule has 0 rings (SSSR count). The Morgan fingerprint density at radius 1 is 1.29 bits per heavy atom. The van der Waals surface area contributed by atoms with Gasteiger partial charge in [0.25, 0.3) is 0 Å². The molecule has 7 heteroatoms. The molecule has 4 nitrogen and oxygen atoms in total. The van der Waals surface area contributed by atoms with Crippen LogP contribution in [0.15, 0.2) is 0 Å². The Kier molecular flexibility index (Phi) is 17.2. The summed E-state index contributed by atoms with van der Waals surface area (Å²) in [7, 11) is 0. The van der Waals surface area contributed by atoms with Crippen molar-refractivity contribution in [1.82, 2.24) is 0 Å². The SMILES string of the molecule is [H-].[H-].[K+].[Na+].[O]=[Sb]([OH])([OH])[OH]. The van der Waals surface area contributed by atoms with Gasteiger partial charge < -0.3 is 2.85 Å². The van der Waals surface area contributed by atoms with Crippen molar-refractivity contribution >= 4 is 20.1 Å². The Morgan fingerprint density at radius 2 is 1.29 bits per heavy atom. The van der Waals surface area contributed by atoms with Crippen LogP contribution in [0, 0.1) is 0 Å². The molecule has 0 unspecified atom stereocenters. The molecule has 3 N–H and O–H groups in total. The second-order valence-electron chi connectivity index (χ2n) is 0.513. The molecule has 0 aliphatic carbocycles. The van der Waals surface area contributed by atoms with Crippen molar-refractivity contribution in [3.63, 3.8) is 0 Å². The van der Waals surface area contributed by atoms with Gasteiger partial charge in [0.2, 0.25) is 0 Å². The maximum absolute atomic E-state index is 8.97. The minimum atomic E-state index is -5.35. The summed E-state index contributed by atoms with van der Waals surface area (Å²) in [5.41, 5.74) is 0. The van der Waals surface area contributed by atoms with Crippen molar-refractivity contribution in [3.8, 4) is 0 Å². The average molecular weight is 253 g/mol. The van der Waals surface area contributed by atoms with Crippen LogP contribution >= 0.6 is 0 Å². The molecule has 0 heterocycles. The molecule has 0 aromatic heterocycles. The first-order valence-electron chi connectivity index (χ1n) is 0.783. The summed E-state index contributed by atoms with van der Waals surface area (Å²) in [6.45, 7) is 0. The first-order chi connectivity index (χ1) is 2.00. The van der Waals surface area contributed by atoms with Crippen LogP contribution in [-0.4, -0.2) is 30.2 Å². The van der Waals surface area contributed by atoms with E-state index in [4.69, 9.17) is 13.2 Å². The fourth-order valence-corrected chi connectivity index (χ4v) is 0. The van der Waals surface area contributed by atoms with E-state index < -0.39 is 20.1 Å². The van der Waals surface area contributed by atoms with Crippen molar-refractivity contribution < 1.29 is 97.0 Å². The summed E-state index contributed by atoms with van der Waals surface area (Å²) in [5, 5.41) is 0. The van der Waals surface area contributed by atoms with Gasteiger partial charge in [-0.3, -0.25) is 0 Å². The van der Waals surface area contributed by atoms with Gasteiger partial charge in [-0.1, -0.05) is 0 Å². The quantitative estimate of drug-likeness (QED) is 0.375. The van der Waals surface area contributed by atoms with E-state index in [1.165, 1.54) is 0 Å². The topological polar surface area (TPSA) is 77.8 Å². The van der Waals surface area contributed by atoms with E-state index in [1.807, 2.05) is 0 Å². The first-order valence-corrected chi connectivity index (χ1v) is 5.25. The van der Waals surface area contributed by atoms with Crippen molar-refractivity contribution in [2.24, 2.45) is 0 Å². The van der Waals surface area contributed by atoms with Gasteiger partial charge in [-0.15, -0.1) is 0 Å². The van der Waals surface area contributed by atoms with E-state index in [1.54, 1.807) is 0 Å². The van der Waals surface area contributed by atoms with E-state index in [2.05, 4.69) is 0 Å². The second-order valence-corrected chi connectivity index (χ2v) is 3.44. The third kappa shape index (κ3) is 47.3. The Labute approximate surface area is 114 Å². The molecular weight excluding hydrogens is 248 g/mol. The predicted octanol–water partition coefficient (Wildman–Crippen LogP) is -7.94. The normalized spacial score (nSPS) is 8.43. The summed E-state index contributed by atoms with van der Waals surface area (Å²) in [4.78, 5) is 0. The minimum absolute atomic E-state index is 0. The Morgan fingerprint density at radius 3 is 1.29 bits per heavy atom. The van der Waals surface area contributed by atoms with Gasteiger partial charge in [0.15, 0.2) is 0 Å². The summed E-state index contributed by atoms with van der Waals surface area (Å²) in [6.07, 6.45) is 0. The third-order valence-corrected chi connectivity index (χ3v) is 0. The molecule has 0 spiro atoms. The Balaban J connectivity index is -0.0000000133. The van der Waals surface area contributed by atoms with Crippen molar-refractivity contribution in [2.45, 2.75) is 0 Å². The van der Waals surface area contributed by atoms with E-state index >= 15 is 0 Å². The van der Waals surface area contributed by atoms with Gasteiger partial charge >= 0.3 is 114 Å². The van der Waals surface area contributed by atoms with Crippen molar-refractivity contribution in [2.75, 3.05) is 0 Å². The summed E-state index contributed by atoms with van der Waals surface area (Å²) >= 11 is -5.35. The molecule has 0 aliphatic heterocycles. The van der Waals surface area contributed by atoms with Gasteiger partial charge in [0.05, 0.1) is 0 Å². The van der Waals surface area contributed by atoms with Crippen LogP contribution in [0.4, 0.5) is 0 Å². The van der Waals surface area contributed by atoms with Gasteiger partial charge in [0, 0.05) is 0 Å². The summed E-state index contributed by atoms with van der Waals surface area (Å²) in [5.74, 6) is 0. The fraction of sp³-hybridized carbons (Fsp3) is 0. The molecule has 0 radical (unpaired) electrons. The molecule has 0 saturated heterocycles. The van der Waals surface area contributed by atoms with Gasteiger partial charge in [0.1, 0.15) is 0 Å². The summed E-state index contributed by atoms with van der Waals surface area (Å²) in [6, 6.07) is 0. The number of rotatable bonds is 0. The van der Waals surface area contributed by atoms with E-state index in [0.29, 0.717) is 0 Å². The molecule has 7 heavy (non-hydrogen) atoms. The molecule has 0 amide bonds. The Bertz CT molecular complexity index is 64.7. The van der Waals surface area contributed by atoms with Crippen LogP contribution in [0.2, 0.25) is 0 Å². The van der Waals surface area contributed by atoms with Crippen molar-refractivity contribution in [3.05, 3.63) is 0 Å². The number of hydrogen-bond donors (Lipinski definition) is 3. The third-order valence-electron chi connectivity index (χ3n) is 0. The molecule has 0 bridgehead atoms. The molecule has 36 valence electrons. The molecular formula is H5KNaO4Sb. The molecule has 0 aromatic carbocycles. The average Bonchev–Trinajstić information content (AvgIpc) is 0.722. The monoisotopic (exact) mass is 252 g/mol. The zero-order valence-corrected chi connectivity index (χ0v) is 11.9. The maximum atomic E-state index is 8.97. The van der Waals surface area contributed by atoms with Crippen LogP contribution in [0.3, 0.4) is 0 Å². The molecule has 0 fully saturated rings. The van der Waals surface area contributed by atoms with Crippen LogP contribution in [-0.2, 0) is 3.02 Å². The first kappa shape index (κ1) is 16.6. The van der Waals surface area contributed by atoms with Gasteiger partial charge in [-0.2, -0.15) is 0 Å². The van der Waals surface area contributed by atoms with Gasteiger partial charge in [-0.25, -0.2) is 0 Å². The van der Waals surface area contributed by atoms with E-state index in [-0.39, 0.29) is 83.8 Å². The zero-order chi connectivity index (χ0) is 4.50. The van der Waals surface area contributed by atoms with Crippen LogP contribution < -0.4 is 80.9 Å². The van der Waals surface area contributed by atoms with E-state index in [9.17, 15) is 0 Å². The number of hydrogen-bond acceptors (Lipinski definition) is 1. The van der Waals surface area contributed by atoms with Crippen LogP contribution in [0.25, 0.3) is 0 Å². The fourth-order valence-electron chi connectivity index (χ4n) is 0. The molecule has 0 atom stereocenters. The summed E-state index contributed by atoms with van der Waals surface area (Å²) < 4.78 is 30.8.